The molecule has 1 heterocycles. The van der Waals surface area contributed by atoms with Gasteiger partial charge in [-0.1, -0.05) is 15.9 Å². The minimum Gasteiger partial charge on any atom is -0.462 e. The molecule has 0 spiro atoms. The molecule has 0 aliphatic heterocycles. The summed E-state index contributed by atoms with van der Waals surface area (Å²) in [6.07, 6.45) is 1.68. The Kier molecular flexibility index (Phi) is 2.77. The van der Waals surface area contributed by atoms with Crippen LogP contribution in [-0.2, 0) is 4.74 Å². The van der Waals surface area contributed by atoms with Crippen molar-refractivity contribution >= 4 is 32.8 Å². The summed E-state index contributed by atoms with van der Waals surface area (Å²) in [5, 5.41) is 0.878. The van der Waals surface area contributed by atoms with Crippen LogP contribution in [0.25, 0.3) is 10.9 Å². The highest BCUT2D eigenvalue weighted by Gasteiger charge is 2.12. The number of ether oxygens (including phenoxy) is 1. The summed E-state index contributed by atoms with van der Waals surface area (Å²) >= 11 is 3.37. The fraction of sp³-hybridized carbons (Fsp3) is 0.182. The molecular formula is C11H10BrNO2. The Morgan fingerprint density at radius 1 is 1.53 bits per heavy atom. The smallest absolute Gasteiger partial charge is 0.340 e. The van der Waals surface area contributed by atoms with Gasteiger partial charge in [-0.3, -0.25) is 0 Å². The van der Waals surface area contributed by atoms with Crippen molar-refractivity contribution in [3.05, 3.63) is 34.4 Å². The van der Waals surface area contributed by atoms with Gasteiger partial charge in [-0.25, -0.2) is 4.79 Å². The van der Waals surface area contributed by atoms with Crippen LogP contribution in [0.1, 0.15) is 17.3 Å². The number of H-pyrrole nitrogens is 1. The van der Waals surface area contributed by atoms with E-state index in [9.17, 15) is 4.79 Å². The van der Waals surface area contributed by atoms with Gasteiger partial charge in [-0.2, -0.15) is 0 Å². The SMILES string of the molecule is CCOC(=O)c1c[nH]c2ccc(Br)cc12. The molecule has 3 nitrogen and oxygen atoms in total. The van der Waals surface area contributed by atoms with E-state index >= 15 is 0 Å². The van der Waals surface area contributed by atoms with Crippen LogP contribution in [0.15, 0.2) is 28.9 Å². The molecular weight excluding hydrogens is 258 g/mol. The molecule has 0 aliphatic carbocycles. The maximum atomic E-state index is 11.6. The second-order valence-electron chi connectivity index (χ2n) is 3.11. The Balaban J connectivity index is 2.52. The molecule has 1 N–H and O–H groups in total. The third-order valence-corrected chi connectivity index (χ3v) is 2.63. The fourth-order valence-corrected chi connectivity index (χ4v) is 1.83. The highest BCUT2D eigenvalue weighted by Crippen LogP contribution is 2.23. The third-order valence-electron chi connectivity index (χ3n) is 2.14. The second-order valence-corrected chi connectivity index (χ2v) is 4.03. The van der Waals surface area contributed by atoms with Crippen molar-refractivity contribution in [3.63, 3.8) is 0 Å². The lowest BCUT2D eigenvalue weighted by Crippen LogP contribution is -2.03. The molecule has 4 heteroatoms. The monoisotopic (exact) mass is 267 g/mol. The fourth-order valence-electron chi connectivity index (χ4n) is 1.47. The number of hydrogen-bond acceptors (Lipinski definition) is 2. The van der Waals surface area contributed by atoms with Crippen LogP contribution in [-0.4, -0.2) is 17.6 Å². The zero-order chi connectivity index (χ0) is 10.8. The molecule has 0 amide bonds. The second kappa shape index (κ2) is 4.06. The van der Waals surface area contributed by atoms with E-state index in [0.29, 0.717) is 12.2 Å². The van der Waals surface area contributed by atoms with Crippen LogP contribution in [0.5, 0.6) is 0 Å². The number of aromatic amines is 1. The summed E-state index contributed by atoms with van der Waals surface area (Å²) in [4.78, 5) is 14.6. The standard InChI is InChI=1S/C11H10BrNO2/c1-2-15-11(14)9-6-13-10-4-3-7(12)5-8(9)10/h3-6,13H,2H2,1H3. The molecule has 1 aromatic carbocycles. The number of aromatic nitrogens is 1. The van der Waals surface area contributed by atoms with Gasteiger partial charge >= 0.3 is 5.97 Å². The number of fused-ring (bicyclic) bond motifs is 1. The highest BCUT2D eigenvalue weighted by molar-refractivity contribution is 9.10. The summed E-state index contributed by atoms with van der Waals surface area (Å²) in [6, 6.07) is 5.74. The average molecular weight is 268 g/mol. The minimum absolute atomic E-state index is 0.290. The number of benzene rings is 1. The highest BCUT2D eigenvalue weighted by atomic mass is 79.9. The van der Waals surface area contributed by atoms with Crippen molar-refractivity contribution in [1.29, 1.82) is 0 Å². The molecule has 0 saturated carbocycles. The van der Waals surface area contributed by atoms with Crippen molar-refractivity contribution in [2.45, 2.75) is 6.92 Å². The summed E-state index contributed by atoms with van der Waals surface area (Å²) in [7, 11) is 0. The average Bonchev–Trinajstić information content (AvgIpc) is 2.60. The molecule has 0 radical (unpaired) electrons. The Morgan fingerprint density at radius 2 is 2.33 bits per heavy atom. The summed E-state index contributed by atoms with van der Waals surface area (Å²) in [5.74, 6) is -0.290. The van der Waals surface area contributed by atoms with Gasteiger partial charge in [-0.15, -0.1) is 0 Å². The van der Waals surface area contributed by atoms with Gasteiger partial charge < -0.3 is 9.72 Å². The number of carbonyl (C=O) groups excluding carboxylic acids is 1. The predicted molar refractivity (Wildman–Crippen MR) is 62.0 cm³/mol. The summed E-state index contributed by atoms with van der Waals surface area (Å²) in [5.41, 5.74) is 1.51. The van der Waals surface area contributed by atoms with Crippen LogP contribution >= 0.6 is 15.9 Å². The normalized spacial score (nSPS) is 10.5. The number of carbonyl (C=O) groups is 1. The Bertz CT molecular complexity index is 504. The van der Waals surface area contributed by atoms with Gasteiger partial charge in [0, 0.05) is 21.6 Å². The molecule has 0 saturated heterocycles. The van der Waals surface area contributed by atoms with Crippen LogP contribution in [0.2, 0.25) is 0 Å². The van der Waals surface area contributed by atoms with E-state index in [1.54, 1.807) is 13.1 Å². The van der Waals surface area contributed by atoms with E-state index in [-0.39, 0.29) is 5.97 Å². The van der Waals surface area contributed by atoms with E-state index in [1.807, 2.05) is 18.2 Å². The van der Waals surface area contributed by atoms with Crippen LogP contribution in [0.3, 0.4) is 0 Å². The zero-order valence-electron chi connectivity index (χ0n) is 8.21. The molecule has 78 valence electrons. The first kappa shape index (κ1) is 10.2. The van der Waals surface area contributed by atoms with E-state index in [1.165, 1.54) is 0 Å². The van der Waals surface area contributed by atoms with Crippen molar-refractivity contribution in [1.82, 2.24) is 4.98 Å². The first-order valence-corrected chi connectivity index (χ1v) is 5.45. The summed E-state index contributed by atoms with van der Waals surface area (Å²) < 4.78 is 5.90. The first-order valence-electron chi connectivity index (χ1n) is 4.66. The molecule has 0 unspecified atom stereocenters. The molecule has 0 fully saturated rings. The molecule has 0 aliphatic rings. The number of rotatable bonds is 2. The maximum Gasteiger partial charge on any atom is 0.340 e. The molecule has 15 heavy (non-hydrogen) atoms. The maximum absolute atomic E-state index is 11.6. The third kappa shape index (κ3) is 1.90. The molecule has 0 atom stereocenters. The van der Waals surface area contributed by atoms with E-state index in [4.69, 9.17) is 4.74 Å². The van der Waals surface area contributed by atoms with Crippen LogP contribution in [0, 0.1) is 0 Å². The molecule has 1 aromatic heterocycles. The van der Waals surface area contributed by atoms with E-state index < -0.39 is 0 Å². The quantitative estimate of drug-likeness (QED) is 0.850. The summed E-state index contributed by atoms with van der Waals surface area (Å²) in [6.45, 7) is 2.18. The Labute approximate surface area is 95.6 Å². The van der Waals surface area contributed by atoms with Crippen LogP contribution < -0.4 is 0 Å². The van der Waals surface area contributed by atoms with Gasteiger partial charge in [0.05, 0.1) is 12.2 Å². The number of nitrogens with one attached hydrogen (secondary N) is 1. The van der Waals surface area contributed by atoms with Gasteiger partial charge in [-0.05, 0) is 25.1 Å². The lowest BCUT2D eigenvalue weighted by molar-refractivity contribution is 0.0529. The topological polar surface area (TPSA) is 42.1 Å². The van der Waals surface area contributed by atoms with Crippen molar-refractivity contribution in [3.8, 4) is 0 Å². The largest absolute Gasteiger partial charge is 0.462 e. The first-order chi connectivity index (χ1) is 7.22. The zero-order valence-corrected chi connectivity index (χ0v) is 9.80. The van der Waals surface area contributed by atoms with Crippen molar-refractivity contribution < 1.29 is 9.53 Å². The van der Waals surface area contributed by atoms with Crippen molar-refractivity contribution in [2.75, 3.05) is 6.61 Å². The minimum atomic E-state index is -0.290. The van der Waals surface area contributed by atoms with E-state index in [0.717, 1.165) is 15.4 Å². The number of esters is 1. The van der Waals surface area contributed by atoms with Gasteiger partial charge in [0.15, 0.2) is 0 Å². The molecule has 2 aromatic rings. The lowest BCUT2D eigenvalue weighted by Gasteiger charge is -1.99. The molecule has 2 rings (SSSR count). The lowest BCUT2D eigenvalue weighted by atomic mass is 10.2. The number of halogens is 1. The molecule has 0 bridgehead atoms. The van der Waals surface area contributed by atoms with E-state index in [2.05, 4.69) is 20.9 Å². The van der Waals surface area contributed by atoms with Gasteiger partial charge in [0.2, 0.25) is 0 Å². The number of hydrogen-bond donors (Lipinski definition) is 1. The Morgan fingerprint density at radius 3 is 3.07 bits per heavy atom. The van der Waals surface area contributed by atoms with Crippen LogP contribution in [0.4, 0.5) is 0 Å². The van der Waals surface area contributed by atoms with Crippen molar-refractivity contribution in [2.24, 2.45) is 0 Å². The Hall–Kier alpha value is -1.29. The van der Waals surface area contributed by atoms with Gasteiger partial charge in [0.25, 0.3) is 0 Å². The predicted octanol–water partition coefficient (Wildman–Crippen LogP) is 3.11. The van der Waals surface area contributed by atoms with Gasteiger partial charge in [0.1, 0.15) is 0 Å².